The van der Waals surface area contributed by atoms with Gasteiger partial charge in [0.05, 0.1) is 13.3 Å². The first kappa shape index (κ1) is 10.3. The Morgan fingerprint density at radius 3 is 3.00 bits per heavy atom. The molecule has 0 aromatic carbocycles. The number of anilines is 1. The predicted octanol–water partition coefficient (Wildman–Crippen LogP) is 2.69. The van der Waals surface area contributed by atoms with Crippen molar-refractivity contribution in [2.75, 3.05) is 12.4 Å². The molecule has 1 aliphatic carbocycles. The van der Waals surface area contributed by atoms with Crippen molar-refractivity contribution in [1.29, 1.82) is 0 Å². The van der Waals surface area contributed by atoms with Crippen molar-refractivity contribution in [2.24, 2.45) is 5.92 Å². The SMILES string of the molecule is CCCC1CC1Nc1ccc(OC)cn1. The Balaban J connectivity index is 1.84. The number of methoxy groups -OCH3 is 1. The standard InChI is InChI=1S/C12H18N2O/c1-3-4-9-7-11(9)14-12-6-5-10(15-2)8-13-12/h5-6,8-9,11H,3-4,7H2,1-2H3,(H,13,14). The van der Waals surface area contributed by atoms with Crippen LogP contribution < -0.4 is 10.1 Å². The number of hydrogen-bond acceptors (Lipinski definition) is 3. The zero-order valence-electron chi connectivity index (χ0n) is 9.36. The van der Waals surface area contributed by atoms with Crippen LogP contribution in [0.15, 0.2) is 18.3 Å². The lowest BCUT2D eigenvalue weighted by atomic mass is 10.2. The normalized spacial score (nSPS) is 23.6. The fraction of sp³-hybridized carbons (Fsp3) is 0.583. The zero-order valence-corrected chi connectivity index (χ0v) is 9.36. The van der Waals surface area contributed by atoms with E-state index in [0.717, 1.165) is 17.5 Å². The molecule has 0 aliphatic heterocycles. The van der Waals surface area contributed by atoms with Gasteiger partial charge in [0, 0.05) is 6.04 Å². The number of rotatable bonds is 5. The summed E-state index contributed by atoms with van der Waals surface area (Å²) >= 11 is 0. The fourth-order valence-corrected chi connectivity index (χ4v) is 1.89. The van der Waals surface area contributed by atoms with Crippen LogP contribution in [0.4, 0.5) is 5.82 Å². The van der Waals surface area contributed by atoms with Crippen molar-refractivity contribution in [2.45, 2.75) is 32.2 Å². The maximum absolute atomic E-state index is 5.06. The van der Waals surface area contributed by atoms with Crippen LogP contribution >= 0.6 is 0 Å². The van der Waals surface area contributed by atoms with Crippen LogP contribution in [0.5, 0.6) is 5.75 Å². The van der Waals surface area contributed by atoms with Gasteiger partial charge in [-0.2, -0.15) is 0 Å². The molecule has 1 saturated carbocycles. The molecule has 0 radical (unpaired) electrons. The van der Waals surface area contributed by atoms with E-state index in [0.29, 0.717) is 6.04 Å². The Kier molecular flexibility index (Phi) is 3.09. The molecule has 0 bridgehead atoms. The Hall–Kier alpha value is -1.25. The summed E-state index contributed by atoms with van der Waals surface area (Å²) in [5.41, 5.74) is 0. The third kappa shape index (κ3) is 2.61. The molecular weight excluding hydrogens is 188 g/mol. The highest BCUT2D eigenvalue weighted by molar-refractivity contribution is 5.40. The number of pyridine rings is 1. The summed E-state index contributed by atoms with van der Waals surface area (Å²) in [6.45, 7) is 2.24. The molecule has 0 spiro atoms. The van der Waals surface area contributed by atoms with Crippen LogP contribution in [0.2, 0.25) is 0 Å². The van der Waals surface area contributed by atoms with Gasteiger partial charge in [0.1, 0.15) is 11.6 Å². The van der Waals surface area contributed by atoms with Gasteiger partial charge in [-0.1, -0.05) is 13.3 Å². The maximum atomic E-state index is 5.06. The summed E-state index contributed by atoms with van der Waals surface area (Å²) < 4.78 is 5.06. The minimum atomic E-state index is 0.644. The zero-order chi connectivity index (χ0) is 10.7. The molecule has 2 atom stereocenters. The van der Waals surface area contributed by atoms with Crippen molar-refractivity contribution in [1.82, 2.24) is 4.98 Å². The molecule has 1 fully saturated rings. The van der Waals surface area contributed by atoms with Gasteiger partial charge in [-0.15, -0.1) is 0 Å². The number of ether oxygens (including phenoxy) is 1. The molecule has 3 nitrogen and oxygen atoms in total. The molecule has 3 heteroatoms. The molecule has 15 heavy (non-hydrogen) atoms. The Bertz CT molecular complexity index is 310. The van der Waals surface area contributed by atoms with Gasteiger partial charge < -0.3 is 10.1 Å². The first-order valence-electron chi connectivity index (χ1n) is 5.60. The van der Waals surface area contributed by atoms with Crippen LogP contribution in [0.3, 0.4) is 0 Å². The molecule has 82 valence electrons. The highest BCUT2D eigenvalue weighted by atomic mass is 16.5. The Morgan fingerprint density at radius 1 is 1.53 bits per heavy atom. The van der Waals surface area contributed by atoms with E-state index in [1.165, 1.54) is 19.3 Å². The first-order chi connectivity index (χ1) is 7.33. The van der Waals surface area contributed by atoms with E-state index in [4.69, 9.17) is 4.74 Å². The van der Waals surface area contributed by atoms with Crippen molar-refractivity contribution in [3.63, 3.8) is 0 Å². The lowest BCUT2D eigenvalue weighted by Crippen LogP contribution is -2.05. The summed E-state index contributed by atoms with van der Waals surface area (Å²) in [6.07, 6.45) is 5.65. The largest absolute Gasteiger partial charge is 0.495 e. The lowest BCUT2D eigenvalue weighted by Gasteiger charge is -2.05. The smallest absolute Gasteiger partial charge is 0.137 e. The highest BCUT2D eigenvalue weighted by Crippen LogP contribution is 2.36. The number of nitrogens with one attached hydrogen (secondary N) is 1. The van der Waals surface area contributed by atoms with Crippen LogP contribution in [0.25, 0.3) is 0 Å². The lowest BCUT2D eigenvalue weighted by molar-refractivity contribution is 0.413. The Labute approximate surface area is 90.9 Å². The summed E-state index contributed by atoms with van der Waals surface area (Å²) in [5.74, 6) is 2.62. The second kappa shape index (κ2) is 4.51. The molecule has 0 saturated heterocycles. The summed E-state index contributed by atoms with van der Waals surface area (Å²) in [4.78, 5) is 4.29. The van der Waals surface area contributed by atoms with Gasteiger partial charge in [0.15, 0.2) is 0 Å². The van der Waals surface area contributed by atoms with Crippen LogP contribution in [0.1, 0.15) is 26.2 Å². The van der Waals surface area contributed by atoms with Crippen molar-refractivity contribution in [3.05, 3.63) is 18.3 Å². The molecule has 1 aromatic rings. The average molecular weight is 206 g/mol. The van der Waals surface area contributed by atoms with E-state index < -0.39 is 0 Å². The quantitative estimate of drug-likeness (QED) is 0.804. The van der Waals surface area contributed by atoms with E-state index in [1.807, 2.05) is 12.1 Å². The van der Waals surface area contributed by atoms with Crippen molar-refractivity contribution in [3.8, 4) is 5.75 Å². The molecular formula is C12H18N2O. The van der Waals surface area contributed by atoms with Gasteiger partial charge in [0.2, 0.25) is 0 Å². The third-order valence-electron chi connectivity index (χ3n) is 2.89. The van der Waals surface area contributed by atoms with Gasteiger partial charge in [0.25, 0.3) is 0 Å². The van der Waals surface area contributed by atoms with E-state index in [1.54, 1.807) is 13.3 Å². The van der Waals surface area contributed by atoms with E-state index in [2.05, 4.69) is 17.2 Å². The van der Waals surface area contributed by atoms with Gasteiger partial charge in [-0.25, -0.2) is 4.98 Å². The topological polar surface area (TPSA) is 34.1 Å². The molecule has 1 N–H and O–H groups in total. The Morgan fingerprint density at radius 2 is 2.40 bits per heavy atom. The number of hydrogen-bond donors (Lipinski definition) is 1. The van der Waals surface area contributed by atoms with Gasteiger partial charge in [-0.3, -0.25) is 0 Å². The molecule has 2 unspecified atom stereocenters. The van der Waals surface area contributed by atoms with Crippen LogP contribution in [-0.4, -0.2) is 18.1 Å². The molecule has 2 rings (SSSR count). The summed E-state index contributed by atoms with van der Waals surface area (Å²) in [5, 5.41) is 3.44. The van der Waals surface area contributed by atoms with Crippen LogP contribution in [-0.2, 0) is 0 Å². The number of aromatic nitrogens is 1. The van der Waals surface area contributed by atoms with E-state index in [-0.39, 0.29) is 0 Å². The highest BCUT2D eigenvalue weighted by Gasteiger charge is 2.35. The molecule has 0 amide bonds. The van der Waals surface area contributed by atoms with Crippen LogP contribution in [0, 0.1) is 5.92 Å². The second-order valence-corrected chi connectivity index (χ2v) is 4.12. The summed E-state index contributed by atoms with van der Waals surface area (Å²) in [7, 11) is 1.66. The minimum Gasteiger partial charge on any atom is -0.495 e. The molecule has 1 heterocycles. The summed E-state index contributed by atoms with van der Waals surface area (Å²) in [6, 6.07) is 4.55. The molecule has 1 aliphatic rings. The minimum absolute atomic E-state index is 0.644. The van der Waals surface area contributed by atoms with Gasteiger partial charge >= 0.3 is 0 Å². The van der Waals surface area contributed by atoms with Gasteiger partial charge in [-0.05, 0) is 30.9 Å². The second-order valence-electron chi connectivity index (χ2n) is 4.12. The maximum Gasteiger partial charge on any atom is 0.137 e. The van der Waals surface area contributed by atoms with E-state index >= 15 is 0 Å². The van der Waals surface area contributed by atoms with Crippen molar-refractivity contribution >= 4 is 5.82 Å². The predicted molar refractivity (Wildman–Crippen MR) is 61.2 cm³/mol. The third-order valence-corrected chi connectivity index (χ3v) is 2.89. The number of nitrogens with zero attached hydrogens (tertiary/aromatic N) is 1. The fourth-order valence-electron chi connectivity index (χ4n) is 1.89. The van der Waals surface area contributed by atoms with E-state index in [9.17, 15) is 0 Å². The van der Waals surface area contributed by atoms with Crippen molar-refractivity contribution < 1.29 is 4.74 Å². The molecule has 1 aromatic heterocycles. The average Bonchev–Trinajstić information content (AvgIpc) is 2.98. The first-order valence-corrected chi connectivity index (χ1v) is 5.60. The monoisotopic (exact) mass is 206 g/mol.